The number of Topliss-reactive ketones (excluding diaryl/α,β-unsaturated/α-hetero) is 1. The fourth-order valence-electron chi connectivity index (χ4n) is 2.88. The summed E-state index contributed by atoms with van der Waals surface area (Å²) in [6.45, 7) is 0. The smallest absolute Gasteiger partial charge is 0.174 e. The second kappa shape index (κ2) is 7.74. The molecule has 0 amide bonds. The molecular formula is C22H20O4. The first kappa shape index (κ1) is 17.5. The maximum atomic E-state index is 13.3. The van der Waals surface area contributed by atoms with Crippen LogP contribution in [0.3, 0.4) is 0 Å². The van der Waals surface area contributed by atoms with Crippen LogP contribution in [0.25, 0.3) is 0 Å². The van der Waals surface area contributed by atoms with Gasteiger partial charge in [0.15, 0.2) is 5.78 Å². The molecule has 0 bridgehead atoms. The Hall–Kier alpha value is -3.27. The van der Waals surface area contributed by atoms with Gasteiger partial charge in [-0.1, -0.05) is 24.3 Å². The number of hydrogen-bond acceptors (Lipinski definition) is 4. The zero-order chi connectivity index (χ0) is 18.5. The number of rotatable bonds is 6. The van der Waals surface area contributed by atoms with Crippen LogP contribution in [0, 0.1) is 0 Å². The molecule has 0 aliphatic carbocycles. The summed E-state index contributed by atoms with van der Waals surface area (Å²) in [5.41, 5.74) is 2.27. The molecule has 0 heterocycles. The molecule has 0 aliphatic rings. The van der Waals surface area contributed by atoms with E-state index in [9.17, 15) is 9.90 Å². The highest BCUT2D eigenvalue weighted by Crippen LogP contribution is 2.31. The van der Waals surface area contributed by atoms with Crippen molar-refractivity contribution in [2.24, 2.45) is 0 Å². The highest BCUT2D eigenvalue weighted by atomic mass is 16.5. The molecule has 1 unspecified atom stereocenters. The van der Waals surface area contributed by atoms with Gasteiger partial charge in [0, 0.05) is 5.56 Å². The van der Waals surface area contributed by atoms with Gasteiger partial charge in [0.05, 0.1) is 20.1 Å². The average Bonchev–Trinajstić information content (AvgIpc) is 2.70. The molecule has 3 aromatic carbocycles. The highest BCUT2D eigenvalue weighted by molar-refractivity contribution is 6.03. The van der Waals surface area contributed by atoms with Gasteiger partial charge in [-0.25, -0.2) is 0 Å². The van der Waals surface area contributed by atoms with E-state index in [2.05, 4.69) is 0 Å². The van der Waals surface area contributed by atoms with Crippen molar-refractivity contribution < 1.29 is 19.4 Å². The highest BCUT2D eigenvalue weighted by Gasteiger charge is 2.24. The van der Waals surface area contributed by atoms with Crippen molar-refractivity contribution in [2.45, 2.75) is 5.92 Å². The Kier molecular flexibility index (Phi) is 5.23. The predicted molar refractivity (Wildman–Crippen MR) is 100 cm³/mol. The summed E-state index contributed by atoms with van der Waals surface area (Å²) in [6, 6.07) is 21.2. The molecule has 4 nitrogen and oxygen atoms in total. The Morgan fingerprint density at radius 3 is 1.62 bits per heavy atom. The van der Waals surface area contributed by atoms with E-state index < -0.39 is 5.92 Å². The van der Waals surface area contributed by atoms with Gasteiger partial charge in [-0.3, -0.25) is 4.79 Å². The number of aromatic hydroxyl groups is 1. The molecule has 132 valence electrons. The summed E-state index contributed by atoms with van der Waals surface area (Å²) in [4.78, 5) is 13.3. The molecule has 1 atom stereocenters. The molecule has 3 aromatic rings. The van der Waals surface area contributed by atoms with Gasteiger partial charge in [0.1, 0.15) is 17.2 Å². The van der Waals surface area contributed by atoms with Crippen LogP contribution in [-0.4, -0.2) is 25.1 Å². The Morgan fingerprint density at radius 2 is 1.15 bits per heavy atom. The maximum Gasteiger partial charge on any atom is 0.174 e. The van der Waals surface area contributed by atoms with E-state index >= 15 is 0 Å². The normalized spacial score (nSPS) is 11.6. The van der Waals surface area contributed by atoms with E-state index in [1.54, 1.807) is 62.8 Å². The monoisotopic (exact) mass is 348 g/mol. The molecule has 0 aliphatic heterocycles. The molecule has 0 fully saturated rings. The number of phenolic OH excluding ortho intramolecular Hbond substituents is 1. The summed E-state index contributed by atoms with van der Waals surface area (Å²) in [7, 11) is 3.20. The molecule has 1 N–H and O–H groups in total. The summed E-state index contributed by atoms with van der Waals surface area (Å²) in [5, 5.41) is 9.58. The van der Waals surface area contributed by atoms with E-state index in [1.165, 1.54) is 0 Å². The second-order valence-electron chi connectivity index (χ2n) is 5.89. The average molecular weight is 348 g/mol. The first-order valence-corrected chi connectivity index (χ1v) is 8.23. The van der Waals surface area contributed by atoms with Gasteiger partial charge in [0.2, 0.25) is 0 Å². The van der Waals surface area contributed by atoms with Crippen molar-refractivity contribution in [3.8, 4) is 17.2 Å². The number of ketones is 1. The van der Waals surface area contributed by atoms with Gasteiger partial charge in [-0.2, -0.15) is 0 Å². The zero-order valence-corrected chi connectivity index (χ0v) is 14.7. The minimum atomic E-state index is -0.477. The molecule has 26 heavy (non-hydrogen) atoms. The minimum Gasteiger partial charge on any atom is -0.508 e. The van der Waals surface area contributed by atoms with Crippen molar-refractivity contribution in [3.05, 3.63) is 89.5 Å². The van der Waals surface area contributed by atoms with Crippen LogP contribution in [0.2, 0.25) is 0 Å². The number of hydrogen-bond donors (Lipinski definition) is 1. The van der Waals surface area contributed by atoms with Crippen LogP contribution >= 0.6 is 0 Å². The lowest BCUT2D eigenvalue weighted by atomic mass is 9.85. The van der Waals surface area contributed by atoms with Gasteiger partial charge in [-0.15, -0.1) is 0 Å². The van der Waals surface area contributed by atoms with Crippen molar-refractivity contribution in [2.75, 3.05) is 14.2 Å². The standard InChI is InChI=1S/C22H20O4/c1-25-19-11-5-16(6-12-19)21(15-3-9-18(23)10-4-15)22(24)17-7-13-20(26-2)14-8-17/h3-14,21,23H,1-2H3. The fourth-order valence-corrected chi connectivity index (χ4v) is 2.88. The first-order valence-electron chi connectivity index (χ1n) is 8.23. The Bertz CT molecular complexity index is 866. The second-order valence-corrected chi connectivity index (χ2v) is 5.89. The first-order chi connectivity index (χ1) is 12.6. The Labute approximate surface area is 152 Å². The largest absolute Gasteiger partial charge is 0.508 e. The number of methoxy groups -OCH3 is 2. The fraction of sp³-hybridized carbons (Fsp3) is 0.136. The molecule has 0 aromatic heterocycles. The lowest BCUT2D eigenvalue weighted by Gasteiger charge is -2.18. The lowest BCUT2D eigenvalue weighted by molar-refractivity contribution is 0.0973. The topological polar surface area (TPSA) is 55.8 Å². The molecule has 3 rings (SSSR count). The van der Waals surface area contributed by atoms with E-state index in [0.29, 0.717) is 11.3 Å². The van der Waals surface area contributed by atoms with E-state index in [1.807, 2.05) is 24.3 Å². The van der Waals surface area contributed by atoms with Crippen LogP contribution in [0.4, 0.5) is 0 Å². The van der Waals surface area contributed by atoms with Crippen LogP contribution in [0.5, 0.6) is 17.2 Å². The summed E-state index contributed by atoms with van der Waals surface area (Å²) >= 11 is 0. The molecular weight excluding hydrogens is 328 g/mol. The van der Waals surface area contributed by atoms with Crippen LogP contribution in [0.15, 0.2) is 72.8 Å². The van der Waals surface area contributed by atoms with Gasteiger partial charge >= 0.3 is 0 Å². The third-order valence-electron chi connectivity index (χ3n) is 4.31. The number of phenols is 1. The quantitative estimate of drug-likeness (QED) is 0.670. The van der Waals surface area contributed by atoms with Gasteiger partial charge < -0.3 is 14.6 Å². The van der Waals surface area contributed by atoms with Gasteiger partial charge in [-0.05, 0) is 59.7 Å². The van der Waals surface area contributed by atoms with Crippen LogP contribution in [-0.2, 0) is 0 Å². The number of carbonyl (C=O) groups is 1. The third-order valence-corrected chi connectivity index (χ3v) is 4.31. The SMILES string of the molecule is COc1ccc(C(=O)C(c2ccc(O)cc2)c2ccc(OC)cc2)cc1. The lowest BCUT2D eigenvalue weighted by Crippen LogP contribution is -2.14. The molecule has 0 radical (unpaired) electrons. The molecule has 0 saturated heterocycles. The Morgan fingerprint density at radius 1 is 0.731 bits per heavy atom. The van der Waals surface area contributed by atoms with Crippen molar-refractivity contribution in [3.63, 3.8) is 0 Å². The third kappa shape index (κ3) is 3.70. The van der Waals surface area contributed by atoms with Crippen molar-refractivity contribution in [1.82, 2.24) is 0 Å². The van der Waals surface area contributed by atoms with Gasteiger partial charge in [0.25, 0.3) is 0 Å². The summed E-state index contributed by atoms with van der Waals surface area (Å²) in [5.74, 6) is 1.10. The zero-order valence-electron chi connectivity index (χ0n) is 14.7. The predicted octanol–water partition coefficient (Wildman–Crippen LogP) is 4.42. The molecule has 4 heteroatoms. The number of ether oxygens (including phenoxy) is 2. The summed E-state index contributed by atoms with van der Waals surface area (Å²) < 4.78 is 10.4. The van der Waals surface area contributed by atoms with Crippen LogP contribution < -0.4 is 9.47 Å². The number of carbonyl (C=O) groups excluding carboxylic acids is 1. The minimum absolute atomic E-state index is 0.0245. The summed E-state index contributed by atoms with van der Waals surface area (Å²) in [6.07, 6.45) is 0. The Balaban J connectivity index is 2.03. The maximum absolute atomic E-state index is 13.3. The van der Waals surface area contributed by atoms with Crippen LogP contribution in [0.1, 0.15) is 27.4 Å². The van der Waals surface area contributed by atoms with E-state index in [0.717, 1.165) is 16.9 Å². The molecule has 0 spiro atoms. The van der Waals surface area contributed by atoms with E-state index in [4.69, 9.17) is 9.47 Å². The number of benzene rings is 3. The van der Waals surface area contributed by atoms with E-state index in [-0.39, 0.29) is 11.5 Å². The van der Waals surface area contributed by atoms with Crippen molar-refractivity contribution >= 4 is 5.78 Å². The van der Waals surface area contributed by atoms with Crippen molar-refractivity contribution in [1.29, 1.82) is 0 Å². The molecule has 0 saturated carbocycles.